The molecule has 1 N–H and O–H groups in total. The van der Waals surface area contributed by atoms with Crippen molar-refractivity contribution in [3.05, 3.63) is 46.4 Å². The number of aromatic nitrogens is 2. The normalized spacial score (nSPS) is 10.7. The summed E-state index contributed by atoms with van der Waals surface area (Å²) in [7, 11) is 1.99. The summed E-state index contributed by atoms with van der Waals surface area (Å²) < 4.78 is 1.46. The number of nitrogens with zero attached hydrogens (tertiary/aromatic N) is 4. The highest BCUT2D eigenvalue weighted by molar-refractivity contribution is 5.91. The van der Waals surface area contributed by atoms with Crippen LogP contribution in [0.1, 0.15) is 19.7 Å². The van der Waals surface area contributed by atoms with Crippen LogP contribution >= 0.6 is 0 Å². The van der Waals surface area contributed by atoms with E-state index in [-0.39, 0.29) is 18.3 Å². The molecule has 8 heteroatoms. The van der Waals surface area contributed by atoms with Crippen molar-refractivity contribution in [3.8, 4) is 0 Å². The molecule has 0 unspecified atom stereocenters. The van der Waals surface area contributed by atoms with Crippen LogP contribution in [0.25, 0.3) is 0 Å². The third-order valence-corrected chi connectivity index (χ3v) is 3.78. The first kappa shape index (κ1) is 17.5. The molecule has 0 aliphatic carbocycles. The Balaban J connectivity index is 2.07. The average Bonchev–Trinajstić information content (AvgIpc) is 2.87. The number of carbonyl (C=O) groups excluding carboxylic acids is 1. The van der Waals surface area contributed by atoms with E-state index in [0.29, 0.717) is 17.6 Å². The van der Waals surface area contributed by atoms with Gasteiger partial charge in [0, 0.05) is 31.4 Å². The van der Waals surface area contributed by atoms with Gasteiger partial charge in [-0.15, -0.1) is 0 Å². The van der Waals surface area contributed by atoms with Crippen LogP contribution in [0.3, 0.4) is 0 Å². The van der Waals surface area contributed by atoms with Crippen LogP contribution < -0.4 is 10.2 Å². The van der Waals surface area contributed by atoms with Gasteiger partial charge in [-0.25, -0.2) is 0 Å². The SMILES string of the molecule is Cc1nc([N+](=O)[O-])cn1CC(=O)Nc1cccc(N(C)C(C)C)c1. The lowest BCUT2D eigenvalue weighted by molar-refractivity contribution is -0.389. The van der Waals surface area contributed by atoms with Crippen molar-refractivity contribution in [2.75, 3.05) is 17.3 Å². The molecule has 0 aliphatic rings. The number of benzene rings is 1. The monoisotopic (exact) mass is 331 g/mol. The lowest BCUT2D eigenvalue weighted by Gasteiger charge is -2.24. The largest absolute Gasteiger partial charge is 0.381 e. The van der Waals surface area contributed by atoms with Gasteiger partial charge in [0.1, 0.15) is 12.7 Å². The predicted octanol–water partition coefficient (Wildman–Crippen LogP) is 2.58. The van der Waals surface area contributed by atoms with E-state index >= 15 is 0 Å². The predicted molar refractivity (Wildman–Crippen MR) is 92.2 cm³/mol. The minimum Gasteiger partial charge on any atom is -0.372 e. The standard InChI is InChI=1S/C16H21N5O3/c1-11(2)19(4)14-7-5-6-13(8-14)18-16(22)10-20-9-15(21(23)24)17-12(20)3/h5-9,11H,10H2,1-4H3,(H,18,22). The lowest BCUT2D eigenvalue weighted by atomic mass is 10.2. The Morgan fingerprint density at radius 1 is 1.46 bits per heavy atom. The van der Waals surface area contributed by atoms with Gasteiger partial charge in [0.2, 0.25) is 11.7 Å². The number of imidazole rings is 1. The van der Waals surface area contributed by atoms with E-state index in [1.165, 1.54) is 10.8 Å². The molecular formula is C16H21N5O3. The number of hydrogen-bond donors (Lipinski definition) is 1. The number of nitro groups is 1. The Morgan fingerprint density at radius 2 is 2.17 bits per heavy atom. The van der Waals surface area contributed by atoms with Gasteiger partial charge >= 0.3 is 5.82 Å². The van der Waals surface area contributed by atoms with Crippen LogP contribution in [-0.2, 0) is 11.3 Å². The van der Waals surface area contributed by atoms with Gasteiger partial charge in [-0.3, -0.25) is 9.36 Å². The maximum atomic E-state index is 12.2. The topological polar surface area (TPSA) is 93.3 Å². The Labute approximate surface area is 140 Å². The molecule has 2 aromatic rings. The first-order valence-electron chi connectivity index (χ1n) is 7.59. The lowest BCUT2D eigenvalue weighted by Crippen LogP contribution is -2.25. The molecule has 8 nitrogen and oxygen atoms in total. The summed E-state index contributed by atoms with van der Waals surface area (Å²) in [5, 5.41) is 13.5. The van der Waals surface area contributed by atoms with Crippen molar-refractivity contribution in [3.63, 3.8) is 0 Å². The molecule has 1 amide bonds. The maximum Gasteiger partial charge on any atom is 0.381 e. The molecule has 1 aromatic heterocycles. The van der Waals surface area contributed by atoms with Gasteiger partial charge in [-0.2, -0.15) is 0 Å². The third-order valence-electron chi connectivity index (χ3n) is 3.78. The van der Waals surface area contributed by atoms with Crippen LogP contribution in [0.5, 0.6) is 0 Å². The number of hydrogen-bond acceptors (Lipinski definition) is 5. The molecule has 0 aliphatic heterocycles. The van der Waals surface area contributed by atoms with E-state index in [4.69, 9.17) is 0 Å². The fourth-order valence-corrected chi connectivity index (χ4v) is 2.20. The number of amides is 1. The van der Waals surface area contributed by atoms with Gasteiger partial charge in [0.05, 0.1) is 0 Å². The summed E-state index contributed by atoms with van der Waals surface area (Å²) in [5.74, 6) is -0.110. The molecule has 0 bridgehead atoms. The number of rotatable bonds is 6. The minimum atomic E-state index is -0.577. The van der Waals surface area contributed by atoms with Gasteiger partial charge in [0.15, 0.2) is 0 Å². The summed E-state index contributed by atoms with van der Waals surface area (Å²) in [6, 6.07) is 7.88. The molecule has 128 valence electrons. The fourth-order valence-electron chi connectivity index (χ4n) is 2.20. The average molecular weight is 331 g/mol. The summed E-state index contributed by atoms with van der Waals surface area (Å²) in [4.78, 5) is 28.2. The van der Waals surface area contributed by atoms with E-state index in [2.05, 4.69) is 29.0 Å². The van der Waals surface area contributed by atoms with Crippen LogP contribution in [0.2, 0.25) is 0 Å². The van der Waals surface area contributed by atoms with Crippen molar-refractivity contribution >= 4 is 23.1 Å². The Bertz CT molecular complexity index is 754. The smallest absolute Gasteiger partial charge is 0.372 e. The van der Waals surface area contributed by atoms with E-state index < -0.39 is 4.92 Å². The highest BCUT2D eigenvalue weighted by Gasteiger charge is 2.17. The number of nitrogens with one attached hydrogen (secondary N) is 1. The second-order valence-corrected chi connectivity index (χ2v) is 5.83. The molecule has 1 aromatic carbocycles. The minimum absolute atomic E-state index is 0.0308. The molecular weight excluding hydrogens is 310 g/mol. The zero-order chi connectivity index (χ0) is 17.9. The van der Waals surface area contributed by atoms with Gasteiger partial charge in [-0.1, -0.05) is 6.07 Å². The summed E-state index contributed by atoms with van der Waals surface area (Å²) in [5.41, 5.74) is 1.68. The van der Waals surface area contributed by atoms with E-state index in [9.17, 15) is 14.9 Å². The van der Waals surface area contributed by atoms with Crippen LogP contribution in [-0.4, -0.2) is 33.5 Å². The summed E-state index contributed by atoms with van der Waals surface area (Å²) in [6.07, 6.45) is 1.26. The van der Waals surface area contributed by atoms with Crippen molar-refractivity contribution < 1.29 is 9.72 Å². The molecule has 0 fully saturated rings. The first-order chi connectivity index (χ1) is 11.3. The molecule has 0 spiro atoms. The Hall–Kier alpha value is -2.90. The van der Waals surface area contributed by atoms with Crippen molar-refractivity contribution in [1.82, 2.24) is 9.55 Å². The second-order valence-electron chi connectivity index (χ2n) is 5.83. The third kappa shape index (κ3) is 4.09. The van der Waals surface area contributed by atoms with E-state index in [1.807, 2.05) is 25.2 Å². The quantitative estimate of drug-likeness (QED) is 0.648. The molecule has 2 rings (SSSR count). The van der Waals surface area contributed by atoms with Crippen LogP contribution in [0.15, 0.2) is 30.5 Å². The van der Waals surface area contributed by atoms with Crippen LogP contribution in [0.4, 0.5) is 17.2 Å². The highest BCUT2D eigenvalue weighted by Crippen LogP contribution is 2.20. The zero-order valence-electron chi connectivity index (χ0n) is 14.2. The van der Waals surface area contributed by atoms with Gasteiger partial charge in [-0.05, 0) is 42.0 Å². The fraction of sp³-hybridized carbons (Fsp3) is 0.375. The van der Waals surface area contributed by atoms with E-state index in [0.717, 1.165) is 5.69 Å². The maximum absolute atomic E-state index is 12.2. The molecule has 24 heavy (non-hydrogen) atoms. The van der Waals surface area contributed by atoms with E-state index in [1.54, 1.807) is 13.0 Å². The Kier molecular flexibility index (Phi) is 5.18. The molecule has 0 atom stereocenters. The second kappa shape index (κ2) is 7.12. The molecule has 0 saturated carbocycles. The molecule has 1 heterocycles. The number of aryl methyl sites for hydroxylation is 1. The highest BCUT2D eigenvalue weighted by atomic mass is 16.6. The number of anilines is 2. The molecule has 0 saturated heterocycles. The van der Waals surface area contributed by atoms with Crippen molar-refractivity contribution in [2.24, 2.45) is 0 Å². The van der Waals surface area contributed by atoms with Crippen LogP contribution in [0, 0.1) is 17.0 Å². The summed E-state index contributed by atoms with van der Waals surface area (Å²) in [6.45, 7) is 5.76. The van der Waals surface area contributed by atoms with Gasteiger partial charge < -0.3 is 20.3 Å². The molecule has 0 radical (unpaired) electrons. The van der Waals surface area contributed by atoms with Crippen molar-refractivity contribution in [1.29, 1.82) is 0 Å². The van der Waals surface area contributed by atoms with Crippen molar-refractivity contribution in [2.45, 2.75) is 33.4 Å². The number of carbonyl (C=O) groups is 1. The summed E-state index contributed by atoms with van der Waals surface area (Å²) >= 11 is 0. The van der Waals surface area contributed by atoms with Gasteiger partial charge in [0.25, 0.3) is 0 Å². The first-order valence-corrected chi connectivity index (χ1v) is 7.59. The zero-order valence-corrected chi connectivity index (χ0v) is 14.2. The Morgan fingerprint density at radius 3 is 2.75 bits per heavy atom.